The molecule has 0 radical (unpaired) electrons. The molecule has 0 aromatic heterocycles. The van der Waals surface area contributed by atoms with Crippen molar-refractivity contribution in [2.45, 2.75) is 31.5 Å². The van der Waals surface area contributed by atoms with E-state index in [-0.39, 0.29) is 6.42 Å². The second-order valence-corrected chi connectivity index (χ2v) is 4.51. The molecule has 0 saturated carbocycles. The van der Waals surface area contributed by atoms with Crippen molar-refractivity contribution in [2.75, 3.05) is 0 Å². The van der Waals surface area contributed by atoms with Crippen molar-refractivity contribution in [3.8, 4) is 0 Å². The summed E-state index contributed by atoms with van der Waals surface area (Å²) in [6.07, 6.45) is -1.19. The maximum Gasteiger partial charge on any atom is 0.328 e. The summed E-state index contributed by atoms with van der Waals surface area (Å²) in [5, 5.41) is 20.2. The highest BCUT2D eigenvalue weighted by Gasteiger charge is 2.27. The third-order valence-corrected chi connectivity index (χ3v) is 2.73. The fourth-order valence-corrected chi connectivity index (χ4v) is 1.66. The van der Waals surface area contributed by atoms with E-state index in [1.54, 1.807) is 6.07 Å². The molecule has 0 saturated heterocycles. The van der Waals surface area contributed by atoms with Crippen LogP contribution in [0.25, 0.3) is 0 Å². The molecule has 0 spiro atoms. The number of rotatable bonds is 6. The van der Waals surface area contributed by atoms with Gasteiger partial charge in [-0.1, -0.05) is 12.1 Å². The largest absolute Gasteiger partial charge is 0.480 e. The van der Waals surface area contributed by atoms with Gasteiger partial charge in [0.1, 0.15) is 5.82 Å². The van der Waals surface area contributed by atoms with Crippen LogP contribution in [0.3, 0.4) is 0 Å². The summed E-state index contributed by atoms with van der Waals surface area (Å²) in [5.41, 5.74) is 6.16. The number of carboxylic acids is 1. The van der Waals surface area contributed by atoms with Gasteiger partial charge in [-0.05, 0) is 31.0 Å². The van der Waals surface area contributed by atoms with Crippen LogP contribution in [0.2, 0.25) is 0 Å². The Hall–Kier alpha value is -1.99. The number of carbonyl (C=O) groups is 2. The average molecular weight is 284 g/mol. The molecule has 0 unspecified atom stereocenters. The Morgan fingerprint density at radius 1 is 1.45 bits per heavy atom. The monoisotopic (exact) mass is 284 g/mol. The first-order valence-corrected chi connectivity index (χ1v) is 6.02. The first kappa shape index (κ1) is 16.1. The van der Waals surface area contributed by atoms with E-state index >= 15 is 0 Å². The van der Waals surface area contributed by atoms with Gasteiger partial charge in [-0.2, -0.15) is 0 Å². The smallest absolute Gasteiger partial charge is 0.328 e. The van der Waals surface area contributed by atoms with Gasteiger partial charge in [-0.3, -0.25) is 4.79 Å². The number of hydrogen-bond acceptors (Lipinski definition) is 4. The van der Waals surface area contributed by atoms with Crippen LogP contribution >= 0.6 is 0 Å². The number of aliphatic carboxylic acids is 1. The molecule has 6 nitrogen and oxygen atoms in total. The Bertz CT molecular complexity index is 493. The van der Waals surface area contributed by atoms with Gasteiger partial charge in [-0.25, -0.2) is 9.18 Å². The van der Waals surface area contributed by atoms with E-state index in [4.69, 9.17) is 10.8 Å². The third kappa shape index (κ3) is 4.60. The van der Waals surface area contributed by atoms with Crippen LogP contribution in [-0.4, -0.2) is 40.3 Å². The molecule has 110 valence electrons. The molecule has 5 N–H and O–H groups in total. The molecule has 7 heteroatoms. The van der Waals surface area contributed by atoms with Gasteiger partial charge in [0.05, 0.1) is 12.1 Å². The van der Waals surface area contributed by atoms with E-state index in [2.05, 4.69) is 5.32 Å². The van der Waals surface area contributed by atoms with Crippen molar-refractivity contribution in [2.24, 2.45) is 5.73 Å². The lowest BCUT2D eigenvalue weighted by molar-refractivity contribution is -0.144. The summed E-state index contributed by atoms with van der Waals surface area (Å²) in [4.78, 5) is 22.6. The van der Waals surface area contributed by atoms with Crippen molar-refractivity contribution >= 4 is 11.9 Å². The van der Waals surface area contributed by atoms with E-state index in [1.807, 2.05) is 0 Å². The molecule has 0 bridgehead atoms. The first-order chi connectivity index (χ1) is 9.31. The fourth-order valence-electron chi connectivity index (χ4n) is 1.66. The van der Waals surface area contributed by atoms with Gasteiger partial charge < -0.3 is 21.3 Å². The summed E-state index contributed by atoms with van der Waals surface area (Å²) >= 11 is 0. The minimum atomic E-state index is -1.43. The summed E-state index contributed by atoms with van der Waals surface area (Å²) in [6, 6.07) is 3.16. The predicted molar refractivity (Wildman–Crippen MR) is 69.3 cm³/mol. The second-order valence-electron chi connectivity index (χ2n) is 4.51. The Kier molecular flexibility index (Phi) is 5.60. The molecule has 0 aliphatic heterocycles. The van der Waals surface area contributed by atoms with E-state index in [1.165, 1.54) is 25.1 Å². The number of amides is 1. The zero-order valence-electron chi connectivity index (χ0n) is 10.9. The maximum absolute atomic E-state index is 13.0. The van der Waals surface area contributed by atoms with E-state index in [0.717, 1.165) is 0 Å². The van der Waals surface area contributed by atoms with Gasteiger partial charge >= 0.3 is 5.97 Å². The van der Waals surface area contributed by atoms with Crippen LogP contribution in [0.5, 0.6) is 0 Å². The van der Waals surface area contributed by atoms with Crippen LogP contribution in [0.1, 0.15) is 12.5 Å². The number of carboxylic acid groups (broad SMARTS) is 1. The number of carbonyl (C=O) groups excluding carboxylic acids is 1. The molecule has 3 atom stereocenters. The van der Waals surface area contributed by atoms with Gasteiger partial charge in [-0.15, -0.1) is 0 Å². The average Bonchev–Trinajstić information content (AvgIpc) is 2.34. The molecule has 0 fully saturated rings. The minimum absolute atomic E-state index is 0.0652. The van der Waals surface area contributed by atoms with E-state index < -0.39 is 35.9 Å². The Morgan fingerprint density at radius 2 is 2.10 bits per heavy atom. The van der Waals surface area contributed by atoms with Crippen LogP contribution in [0, 0.1) is 5.82 Å². The molecular formula is C13H17FN2O4. The Balaban J connectivity index is 2.65. The number of aliphatic hydroxyl groups excluding tert-OH is 1. The number of nitrogens with one attached hydrogen (secondary N) is 1. The highest BCUT2D eigenvalue weighted by atomic mass is 19.1. The first-order valence-electron chi connectivity index (χ1n) is 6.02. The van der Waals surface area contributed by atoms with E-state index in [0.29, 0.717) is 5.56 Å². The zero-order chi connectivity index (χ0) is 15.3. The van der Waals surface area contributed by atoms with Crippen molar-refractivity contribution in [1.82, 2.24) is 5.32 Å². The van der Waals surface area contributed by atoms with Crippen molar-refractivity contribution in [3.05, 3.63) is 35.6 Å². The molecule has 1 rings (SSSR count). The lowest BCUT2D eigenvalue weighted by Crippen LogP contribution is -2.53. The van der Waals surface area contributed by atoms with Gasteiger partial charge in [0, 0.05) is 0 Å². The Labute approximate surface area is 115 Å². The lowest BCUT2D eigenvalue weighted by Gasteiger charge is -2.19. The summed E-state index contributed by atoms with van der Waals surface area (Å²) < 4.78 is 13.0. The number of benzene rings is 1. The number of hydrogen-bond donors (Lipinski definition) is 4. The van der Waals surface area contributed by atoms with Crippen LogP contribution in [0.15, 0.2) is 24.3 Å². The molecule has 1 aromatic rings. The van der Waals surface area contributed by atoms with E-state index in [9.17, 15) is 19.1 Å². The van der Waals surface area contributed by atoms with Gasteiger partial charge in [0.15, 0.2) is 6.04 Å². The summed E-state index contributed by atoms with van der Waals surface area (Å²) in [7, 11) is 0. The fraction of sp³-hybridized carbons (Fsp3) is 0.385. The second kappa shape index (κ2) is 6.97. The summed E-state index contributed by atoms with van der Waals surface area (Å²) in [6.45, 7) is 1.25. The predicted octanol–water partition coefficient (Wildman–Crippen LogP) is -0.354. The molecule has 0 aliphatic carbocycles. The quantitative estimate of drug-likeness (QED) is 0.570. The van der Waals surface area contributed by atoms with Crippen LogP contribution in [0.4, 0.5) is 4.39 Å². The topological polar surface area (TPSA) is 113 Å². The maximum atomic E-state index is 13.0. The zero-order valence-corrected chi connectivity index (χ0v) is 10.9. The van der Waals surface area contributed by atoms with Crippen LogP contribution in [-0.2, 0) is 16.0 Å². The van der Waals surface area contributed by atoms with Crippen molar-refractivity contribution < 1.29 is 24.2 Å². The molecule has 0 heterocycles. The number of nitrogens with two attached hydrogens (primary N) is 1. The summed E-state index contributed by atoms with van der Waals surface area (Å²) in [5.74, 6) is -2.52. The molecule has 20 heavy (non-hydrogen) atoms. The molecule has 1 aromatic carbocycles. The normalized spacial score (nSPS) is 15.2. The minimum Gasteiger partial charge on any atom is -0.480 e. The SMILES string of the molecule is C[C@@H](O)[C@H](NC(=O)[C@@H](N)Cc1cccc(F)c1)C(=O)O. The number of halogens is 1. The van der Waals surface area contributed by atoms with Crippen LogP contribution < -0.4 is 11.1 Å². The highest BCUT2D eigenvalue weighted by Crippen LogP contribution is 2.06. The van der Waals surface area contributed by atoms with Crippen molar-refractivity contribution in [1.29, 1.82) is 0 Å². The third-order valence-electron chi connectivity index (χ3n) is 2.73. The molecule has 1 amide bonds. The van der Waals surface area contributed by atoms with Crippen molar-refractivity contribution in [3.63, 3.8) is 0 Å². The van der Waals surface area contributed by atoms with Gasteiger partial charge in [0.2, 0.25) is 5.91 Å². The number of aliphatic hydroxyl groups is 1. The molecular weight excluding hydrogens is 267 g/mol. The lowest BCUT2D eigenvalue weighted by atomic mass is 10.0. The molecule has 0 aliphatic rings. The highest BCUT2D eigenvalue weighted by molar-refractivity contribution is 5.87. The standard InChI is InChI=1S/C13H17FN2O4/c1-7(17)11(13(19)20)16-12(18)10(15)6-8-3-2-4-9(14)5-8/h2-5,7,10-11,17H,6,15H2,1H3,(H,16,18)(H,19,20)/t7-,10+,11+/m1/s1. The van der Waals surface area contributed by atoms with Gasteiger partial charge in [0.25, 0.3) is 0 Å². The Morgan fingerprint density at radius 3 is 2.60 bits per heavy atom.